The lowest BCUT2D eigenvalue weighted by molar-refractivity contribution is 0.0573. The topological polar surface area (TPSA) is 29.5 Å². The van der Waals surface area contributed by atoms with E-state index in [2.05, 4.69) is 0 Å². The van der Waals surface area contributed by atoms with E-state index in [0.717, 1.165) is 4.88 Å². The van der Waals surface area contributed by atoms with E-state index >= 15 is 0 Å². The lowest BCUT2D eigenvalue weighted by Crippen LogP contribution is -2.09. The molecule has 0 fully saturated rings. The predicted molar refractivity (Wildman–Crippen MR) is 50.4 cm³/mol. The quantitative estimate of drug-likeness (QED) is 0.781. The molecule has 2 nitrogen and oxygen atoms in total. The number of hydrogen-bond acceptors (Lipinski definition) is 3. The summed E-state index contributed by atoms with van der Waals surface area (Å²) in [5.41, 5.74) is 0. The lowest BCUT2D eigenvalue weighted by atomic mass is 10.1. The van der Waals surface area contributed by atoms with Crippen molar-refractivity contribution in [2.75, 3.05) is 7.11 Å². The van der Waals surface area contributed by atoms with E-state index in [1.54, 1.807) is 18.4 Å². The third kappa shape index (κ3) is 2.59. The second-order valence-electron chi connectivity index (χ2n) is 2.81. The molecule has 0 radical (unpaired) electrons. The Bertz CT molecular complexity index is 208. The summed E-state index contributed by atoms with van der Waals surface area (Å²) in [5.74, 6) is 0. The molecule has 1 N–H and O–H groups in total. The molecule has 68 valence electrons. The van der Waals surface area contributed by atoms with Crippen LogP contribution in [0.3, 0.4) is 0 Å². The molecule has 0 aliphatic carbocycles. The highest BCUT2D eigenvalue weighted by molar-refractivity contribution is 7.10. The summed E-state index contributed by atoms with van der Waals surface area (Å²) in [6.07, 6.45) is 0.402. The third-order valence-corrected chi connectivity index (χ3v) is 2.80. The number of methoxy groups -OCH3 is 1. The predicted octanol–water partition coefficient (Wildman–Crippen LogP) is 2.21. The van der Waals surface area contributed by atoms with E-state index in [1.165, 1.54) is 0 Å². The van der Waals surface area contributed by atoms with E-state index < -0.39 is 0 Å². The van der Waals surface area contributed by atoms with Crippen molar-refractivity contribution in [1.82, 2.24) is 0 Å². The van der Waals surface area contributed by atoms with Crippen LogP contribution < -0.4 is 0 Å². The average molecular weight is 186 g/mol. The normalized spacial score (nSPS) is 15.9. The van der Waals surface area contributed by atoms with Crippen LogP contribution in [-0.2, 0) is 4.74 Å². The molecule has 0 bridgehead atoms. The van der Waals surface area contributed by atoms with E-state index in [9.17, 15) is 5.11 Å². The van der Waals surface area contributed by atoms with Crippen molar-refractivity contribution in [3.8, 4) is 0 Å². The fraction of sp³-hybridized carbons (Fsp3) is 0.556. The van der Waals surface area contributed by atoms with Gasteiger partial charge in [0.2, 0.25) is 0 Å². The Labute approximate surface area is 76.8 Å². The molecule has 0 saturated heterocycles. The summed E-state index contributed by atoms with van der Waals surface area (Å²) in [6, 6.07) is 3.89. The molecule has 2 unspecified atom stereocenters. The van der Waals surface area contributed by atoms with E-state index in [1.807, 2.05) is 24.4 Å². The fourth-order valence-corrected chi connectivity index (χ4v) is 1.73. The van der Waals surface area contributed by atoms with Gasteiger partial charge in [-0.2, -0.15) is 0 Å². The Morgan fingerprint density at radius 3 is 2.92 bits per heavy atom. The van der Waals surface area contributed by atoms with Crippen LogP contribution >= 0.6 is 11.3 Å². The minimum absolute atomic E-state index is 0.113. The van der Waals surface area contributed by atoms with Gasteiger partial charge < -0.3 is 9.84 Å². The molecule has 12 heavy (non-hydrogen) atoms. The van der Waals surface area contributed by atoms with Crippen LogP contribution in [0.4, 0.5) is 0 Å². The average Bonchev–Trinajstić information content (AvgIpc) is 2.56. The summed E-state index contributed by atoms with van der Waals surface area (Å²) in [6.45, 7) is 1.96. The summed E-state index contributed by atoms with van der Waals surface area (Å²) in [5, 5.41) is 11.6. The number of ether oxygens (including phenoxy) is 1. The molecule has 0 aromatic carbocycles. The third-order valence-electron chi connectivity index (χ3n) is 1.83. The van der Waals surface area contributed by atoms with Crippen LogP contribution in [-0.4, -0.2) is 18.3 Å². The van der Waals surface area contributed by atoms with Crippen LogP contribution in [0.25, 0.3) is 0 Å². The smallest absolute Gasteiger partial charge is 0.0906 e. The van der Waals surface area contributed by atoms with Gasteiger partial charge in [0.1, 0.15) is 0 Å². The standard InChI is InChI=1S/C9H14O2S/c1-7(11-2)6-8(10)9-4-3-5-12-9/h3-5,7-8,10H,6H2,1-2H3. The van der Waals surface area contributed by atoms with E-state index in [0.29, 0.717) is 6.42 Å². The van der Waals surface area contributed by atoms with Gasteiger partial charge in [0, 0.05) is 18.4 Å². The number of hydrogen-bond donors (Lipinski definition) is 1. The number of aliphatic hydroxyl groups excluding tert-OH is 1. The van der Waals surface area contributed by atoms with Gasteiger partial charge in [-0.25, -0.2) is 0 Å². The minimum atomic E-state index is -0.375. The summed E-state index contributed by atoms with van der Waals surface area (Å²) in [4.78, 5) is 1.01. The Balaban J connectivity index is 2.44. The summed E-state index contributed by atoms with van der Waals surface area (Å²) >= 11 is 1.58. The first-order chi connectivity index (χ1) is 5.74. The van der Waals surface area contributed by atoms with Crippen molar-refractivity contribution in [3.63, 3.8) is 0 Å². The molecule has 0 saturated carbocycles. The van der Waals surface area contributed by atoms with Crippen molar-refractivity contribution in [2.24, 2.45) is 0 Å². The van der Waals surface area contributed by atoms with Gasteiger partial charge in [0.15, 0.2) is 0 Å². The first kappa shape index (κ1) is 9.71. The molecule has 1 heterocycles. The number of rotatable bonds is 4. The van der Waals surface area contributed by atoms with Crippen molar-refractivity contribution in [3.05, 3.63) is 22.4 Å². The zero-order valence-corrected chi connectivity index (χ0v) is 8.17. The Morgan fingerprint density at radius 2 is 2.42 bits per heavy atom. The zero-order valence-electron chi connectivity index (χ0n) is 7.36. The second-order valence-corrected chi connectivity index (χ2v) is 3.79. The van der Waals surface area contributed by atoms with Crippen LogP contribution in [0.5, 0.6) is 0 Å². The fourth-order valence-electron chi connectivity index (χ4n) is 1.01. The first-order valence-corrected chi connectivity index (χ1v) is 4.86. The van der Waals surface area contributed by atoms with Crippen molar-refractivity contribution < 1.29 is 9.84 Å². The molecule has 1 aromatic rings. The Kier molecular flexibility index (Phi) is 3.72. The molecule has 0 amide bonds. The number of aliphatic hydroxyl groups is 1. The Hall–Kier alpha value is -0.380. The SMILES string of the molecule is COC(C)CC(O)c1cccs1. The van der Waals surface area contributed by atoms with Gasteiger partial charge >= 0.3 is 0 Å². The highest BCUT2D eigenvalue weighted by Gasteiger charge is 2.12. The minimum Gasteiger partial charge on any atom is -0.387 e. The van der Waals surface area contributed by atoms with Gasteiger partial charge in [0.25, 0.3) is 0 Å². The zero-order chi connectivity index (χ0) is 8.97. The van der Waals surface area contributed by atoms with Gasteiger partial charge in [0.05, 0.1) is 12.2 Å². The van der Waals surface area contributed by atoms with Gasteiger partial charge in [-0.3, -0.25) is 0 Å². The van der Waals surface area contributed by atoms with E-state index in [4.69, 9.17) is 4.74 Å². The molecular weight excluding hydrogens is 172 g/mol. The molecule has 0 aliphatic heterocycles. The maximum absolute atomic E-state index is 9.64. The van der Waals surface area contributed by atoms with Gasteiger partial charge in [-0.15, -0.1) is 11.3 Å². The summed E-state index contributed by atoms with van der Waals surface area (Å²) < 4.78 is 5.06. The Morgan fingerprint density at radius 1 is 1.67 bits per heavy atom. The van der Waals surface area contributed by atoms with Crippen LogP contribution in [0.15, 0.2) is 17.5 Å². The summed E-state index contributed by atoms with van der Waals surface area (Å²) in [7, 11) is 1.66. The number of thiophene rings is 1. The first-order valence-electron chi connectivity index (χ1n) is 3.98. The van der Waals surface area contributed by atoms with Crippen LogP contribution in [0.2, 0.25) is 0 Å². The molecule has 2 atom stereocenters. The molecule has 0 spiro atoms. The second kappa shape index (κ2) is 4.60. The highest BCUT2D eigenvalue weighted by atomic mass is 32.1. The monoisotopic (exact) mass is 186 g/mol. The largest absolute Gasteiger partial charge is 0.387 e. The van der Waals surface area contributed by atoms with E-state index in [-0.39, 0.29) is 12.2 Å². The maximum atomic E-state index is 9.64. The lowest BCUT2D eigenvalue weighted by Gasteiger charge is -2.13. The van der Waals surface area contributed by atoms with Gasteiger partial charge in [-0.1, -0.05) is 6.07 Å². The van der Waals surface area contributed by atoms with Crippen molar-refractivity contribution in [2.45, 2.75) is 25.6 Å². The molecule has 3 heteroatoms. The van der Waals surface area contributed by atoms with Crippen molar-refractivity contribution in [1.29, 1.82) is 0 Å². The highest BCUT2D eigenvalue weighted by Crippen LogP contribution is 2.23. The maximum Gasteiger partial charge on any atom is 0.0906 e. The molecule has 1 aromatic heterocycles. The van der Waals surface area contributed by atoms with Crippen molar-refractivity contribution >= 4 is 11.3 Å². The van der Waals surface area contributed by atoms with Gasteiger partial charge in [-0.05, 0) is 18.4 Å². The molecule has 0 aliphatic rings. The van der Waals surface area contributed by atoms with Crippen LogP contribution in [0.1, 0.15) is 24.3 Å². The van der Waals surface area contributed by atoms with Crippen LogP contribution in [0, 0.1) is 0 Å². The molecular formula is C9H14O2S. The molecule has 1 rings (SSSR count).